The minimum Gasteiger partial charge on any atom is -0.305 e. The highest BCUT2D eigenvalue weighted by molar-refractivity contribution is 9.11. The van der Waals surface area contributed by atoms with Crippen molar-refractivity contribution in [3.8, 4) is 12.3 Å². The van der Waals surface area contributed by atoms with Crippen LogP contribution >= 0.6 is 54.5 Å². The third-order valence-corrected chi connectivity index (χ3v) is 6.02. The number of thiophene rings is 1. The van der Waals surface area contributed by atoms with Gasteiger partial charge in [0.25, 0.3) is 5.91 Å². The molecule has 2 heterocycles. The van der Waals surface area contributed by atoms with Gasteiger partial charge in [-0.15, -0.1) is 17.8 Å². The van der Waals surface area contributed by atoms with Gasteiger partial charge in [-0.25, -0.2) is 0 Å². The van der Waals surface area contributed by atoms with Gasteiger partial charge in [0.15, 0.2) is 4.80 Å². The lowest BCUT2D eigenvalue weighted by atomic mass is 10.3. The second kappa shape index (κ2) is 6.50. The van der Waals surface area contributed by atoms with E-state index in [9.17, 15) is 4.79 Å². The van der Waals surface area contributed by atoms with E-state index in [2.05, 4.69) is 42.8 Å². The van der Waals surface area contributed by atoms with Crippen LogP contribution in [-0.2, 0) is 6.54 Å². The predicted octanol–water partition coefficient (Wildman–Crippen LogP) is 4.66. The monoisotopic (exact) mass is 454 g/mol. The second-order valence-electron chi connectivity index (χ2n) is 4.31. The van der Waals surface area contributed by atoms with Gasteiger partial charge in [0, 0.05) is 4.47 Å². The van der Waals surface area contributed by atoms with Crippen molar-refractivity contribution in [2.45, 2.75) is 6.54 Å². The Morgan fingerprint density at radius 2 is 2.09 bits per heavy atom. The van der Waals surface area contributed by atoms with Crippen molar-refractivity contribution in [2.24, 2.45) is 4.99 Å². The summed E-state index contributed by atoms with van der Waals surface area (Å²) in [7, 11) is 0. The molecule has 0 bridgehead atoms. The van der Waals surface area contributed by atoms with Crippen LogP contribution in [0.15, 0.2) is 43.6 Å². The first-order valence-electron chi connectivity index (χ1n) is 6.15. The van der Waals surface area contributed by atoms with Crippen molar-refractivity contribution in [1.82, 2.24) is 4.57 Å². The molecule has 0 saturated carbocycles. The van der Waals surface area contributed by atoms with E-state index in [0.717, 1.165) is 18.5 Å². The van der Waals surface area contributed by atoms with Gasteiger partial charge >= 0.3 is 0 Å². The summed E-state index contributed by atoms with van der Waals surface area (Å²) in [5, 5.41) is 0. The molecule has 0 aliphatic rings. The van der Waals surface area contributed by atoms with Crippen molar-refractivity contribution < 1.29 is 4.79 Å². The molecule has 0 aliphatic heterocycles. The van der Waals surface area contributed by atoms with Gasteiger partial charge in [-0.05, 0) is 46.3 Å². The Balaban J connectivity index is 2.17. The highest BCUT2D eigenvalue weighted by Gasteiger charge is 2.10. The lowest BCUT2D eigenvalue weighted by Gasteiger charge is -1.99. The number of rotatable bonds is 2. The topological polar surface area (TPSA) is 34.4 Å². The molecular weight excluding hydrogens is 448 g/mol. The quantitative estimate of drug-likeness (QED) is 0.517. The zero-order valence-electron chi connectivity index (χ0n) is 11.0. The number of hydrogen-bond donors (Lipinski definition) is 0. The molecular formula is C15H8Br2N2OS2. The fraction of sp³-hybridized carbons (Fsp3) is 0.0667. The maximum atomic E-state index is 12.3. The van der Waals surface area contributed by atoms with E-state index in [1.807, 2.05) is 28.8 Å². The highest BCUT2D eigenvalue weighted by Crippen LogP contribution is 2.24. The van der Waals surface area contributed by atoms with E-state index in [4.69, 9.17) is 6.42 Å². The maximum absolute atomic E-state index is 12.3. The Hall–Kier alpha value is -1.20. The minimum absolute atomic E-state index is 0.257. The number of carbonyl (C=O) groups is 1. The third-order valence-electron chi connectivity index (χ3n) is 2.88. The molecule has 0 spiro atoms. The number of terminal acetylenes is 1. The maximum Gasteiger partial charge on any atom is 0.289 e. The SMILES string of the molecule is C#CCn1c(=NC(=O)c2ccc(Br)s2)sc2cc(Br)ccc21. The van der Waals surface area contributed by atoms with Crippen LogP contribution in [0.1, 0.15) is 9.67 Å². The number of carbonyl (C=O) groups excluding carboxylic acids is 1. The number of amides is 1. The summed E-state index contributed by atoms with van der Waals surface area (Å²) in [5.41, 5.74) is 0.977. The molecule has 0 aliphatic carbocycles. The number of thiazole rings is 1. The Bertz CT molecular complexity index is 975. The molecule has 0 atom stereocenters. The number of fused-ring (bicyclic) bond motifs is 1. The Morgan fingerprint density at radius 1 is 1.27 bits per heavy atom. The molecule has 1 amide bonds. The summed E-state index contributed by atoms with van der Waals surface area (Å²) < 4.78 is 4.80. The molecule has 3 aromatic rings. The van der Waals surface area contributed by atoms with E-state index >= 15 is 0 Å². The van der Waals surface area contributed by atoms with Crippen LogP contribution < -0.4 is 4.80 Å². The van der Waals surface area contributed by atoms with E-state index in [0.29, 0.717) is 16.2 Å². The molecule has 7 heteroatoms. The van der Waals surface area contributed by atoms with Gasteiger partial charge < -0.3 is 4.57 Å². The highest BCUT2D eigenvalue weighted by atomic mass is 79.9. The summed E-state index contributed by atoms with van der Waals surface area (Å²) in [4.78, 5) is 17.7. The van der Waals surface area contributed by atoms with Crippen LogP contribution in [0.3, 0.4) is 0 Å². The second-order valence-corrected chi connectivity index (χ2v) is 8.70. The number of hydrogen-bond acceptors (Lipinski definition) is 3. The Morgan fingerprint density at radius 3 is 2.77 bits per heavy atom. The number of aromatic nitrogens is 1. The summed E-state index contributed by atoms with van der Waals surface area (Å²) >= 11 is 9.62. The van der Waals surface area contributed by atoms with Crippen molar-refractivity contribution in [2.75, 3.05) is 0 Å². The van der Waals surface area contributed by atoms with Crippen molar-refractivity contribution in [1.29, 1.82) is 0 Å². The fourth-order valence-corrected chi connectivity index (χ4v) is 4.80. The molecule has 1 aromatic carbocycles. The molecule has 3 rings (SSSR count). The van der Waals surface area contributed by atoms with Gasteiger partial charge in [0.1, 0.15) is 0 Å². The molecule has 0 fully saturated rings. The average Bonchev–Trinajstić information content (AvgIpc) is 3.04. The van der Waals surface area contributed by atoms with E-state index in [1.54, 1.807) is 6.07 Å². The van der Waals surface area contributed by atoms with Gasteiger partial charge in [-0.1, -0.05) is 33.2 Å². The summed E-state index contributed by atoms with van der Waals surface area (Å²) in [5.74, 6) is 2.36. The number of benzene rings is 1. The first-order chi connectivity index (χ1) is 10.6. The summed E-state index contributed by atoms with van der Waals surface area (Å²) in [6.07, 6.45) is 5.45. The van der Waals surface area contributed by atoms with Crippen LogP contribution in [0.2, 0.25) is 0 Å². The van der Waals surface area contributed by atoms with Gasteiger partial charge in [-0.3, -0.25) is 4.79 Å². The molecule has 2 aromatic heterocycles. The Kier molecular flexibility index (Phi) is 4.64. The zero-order valence-corrected chi connectivity index (χ0v) is 15.9. The van der Waals surface area contributed by atoms with E-state index in [-0.39, 0.29) is 5.91 Å². The lowest BCUT2D eigenvalue weighted by Crippen LogP contribution is -2.16. The first-order valence-corrected chi connectivity index (χ1v) is 9.37. The normalized spacial score (nSPS) is 11.8. The molecule has 0 N–H and O–H groups in total. The van der Waals surface area contributed by atoms with Crippen LogP contribution in [0, 0.1) is 12.3 Å². The van der Waals surface area contributed by atoms with Crippen molar-refractivity contribution in [3.05, 3.63) is 48.3 Å². The third kappa shape index (κ3) is 3.10. The van der Waals surface area contributed by atoms with Gasteiger partial charge in [0.2, 0.25) is 0 Å². The fourth-order valence-electron chi connectivity index (χ4n) is 1.95. The molecule has 22 heavy (non-hydrogen) atoms. The predicted molar refractivity (Wildman–Crippen MR) is 98.3 cm³/mol. The van der Waals surface area contributed by atoms with E-state index < -0.39 is 0 Å². The van der Waals surface area contributed by atoms with E-state index in [1.165, 1.54) is 22.7 Å². The minimum atomic E-state index is -0.257. The van der Waals surface area contributed by atoms with Crippen LogP contribution in [0.5, 0.6) is 0 Å². The molecule has 110 valence electrons. The Labute approximate surface area is 151 Å². The summed E-state index contributed by atoms with van der Waals surface area (Å²) in [6.45, 7) is 0.377. The summed E-state index contributed by atoms with van der Waals surface area (Å²) in [6, 6.07) is 9.52. The van der Waals surface area contributed by atoms with Crippen molar-refractivity contribution >= 4 is 70.7 Å². The number of halogens is 2. The number of nitrogens with zero attached hydrogens (tertiary/aromatic N) is 2. The smallest absolute Gasteiger partial charge is 0.289 e. The van der Waals surface area contributed by atoms with Crippen LogP contribution in [-0.4, -0.2) is 10.5 Å². The largest absolute Gasteiger partial charge is 0.305 e. The zero-order chi connectivity index (χ0) is 15.7. The molecule has 3 nitrogen and oxygen atoms in total. The average molecular weight is 456 g/mol. The van der Waals surface area contributed by atoms with Gasteiger partial charge in [-0.2, -0.15) is 4.99 Å². The van der Waals surface area contributed by atoms with Crippen molar-refractivity contribution in [3.63, 3.8) is 0 Å². The van der Waals surface area contributed by atoms with Crippen LogP contribution in [0.25, 0.3) is 10.2 Å². The first kappa shape index (κ1) is 15.7. The molecule has 0 unspecified atom stereocenters. The van der Waals surface area contributed by atoms with Gasteiger partial charge in [0.05, 0.1) is 25.4 Å². The molecule has 0 saturated heterocycles. The lowest BCUT2D eigenvalue weighted by molar-refractivity contribution is 0.100. The standard InChI is InChI=1S/C15H8Br2N2OS2/c1-2-7-19-10-4-3-9(16)8-12(10)22-15(19)18-14(20)11-5-6-13(17)21-11/h1,3-6,8H,7H2. The molecule has 0 radical (unpaired) electrons. The van der Waals surface area contributed by atoms with Crippen LogP contribution in [0.4, 0.5) is 0 Å².